The van der Waals surface area contributed by atoms with Crippen LogP contribution in [0.3, 0.4) is 0 Å². The zero-order chi connectivity index (χ0) is 13.8. The Labute approximate surface area is 108 Å². The van der Waals surface area contributed by atoms with Crippen molar-refractivity contribution in [3.05, 3.63) is 35.1 Å². The van der Waals surface area contributed by atoms with E-state index in [1.165, 1.54) is 12.1 Å². The summed E-state index contributed by atoms with van der Waals surface area (Å²) in [5, 5.41) is 0. The molecule has 3 N–H and O–H groups in total. The fourth-order valence-corrected chi connectivity index (χ4v) is 2.55. The lowest BCUT2D eigenvalue weighted by Gasteiger charge is -2.39. The van der Waals surface area contributed by atoms with Crippen molar-refractivity contribution in [3.8, 4) is 0 Å². The normalized spacial score (nSPS) is 13.7. The summed E-state index contributed by atoms with van der Waals surface area (Å²) in [6.45, 7) is 6.01. The number of hydrogen-bond acceptors (Lipinski definition) is 3. The van der Waals surface area contributed by atoms with Crippen molar-refractivity contribution in [2.45, 2.75) is 45.3 Å². The Hall–Kier alpha value is -0.970. The minimum atomic E-state index is -0.378. The second kappa shape index (κ2) is 6.27. The first-order chi connectivity index (χ1) is 8.54. The van der Waals surface area contributed by atoms with Gasteiger partial charge in [0.05, 0.1) is 11.6 Å². The highest BCUT2D eigenvalue weighted by Gasteiger charge is 2.37. The highest BCUT2D eigenvalue weighted by molar-refractivity contribution is 5.31. The van der Waals surface area contributed by atoms with Gasteiger partial charge in [0.1, 0.15) is 5.82 Å². The van der Waals surface area contributed by atoms with Gasteiger partial charge in [-0.2, -0.15) is 0 Å². The molecule has 0 bridgehead atoms. The topological polar surface area (TPSA) is 47.3 Å². The zero-order valence-electron chi connectivity index (χ0n) is 11.6. The van der Waals surface area contributed by atoms with Crippen LogP contribution in [0.5, 0.6) is 0 Å². The van der Waals surface area contributed by atoms with E-state index < -0.39 is 0 Å². The van der Waals surface area contributed by atoms with Crippen LogP contribution in [0.25, 0.3) is 0 Å². The number of methoxy groups -OCH3 is 1. The molecular formula is C14H23FN2O. The van der Waals surface area contributed by atoms with E-state index in [4.69, 9.17) is 10.6 Å². The Morgan fingerprint density at radius 2 is 2.00 bits per heavy atom. The van der Waals surface area contributed by atoms with E-state index in [0.29, 0.717) is 0 Å². The van der Waals surface area contributed by atoms with Crippen LogP contribution < -0.4 is 11.3 Å². The fourth-order valence-electron chi connectivity index (χ4n) is 2.55. The summed E-state index contributed by atoms with van der Waals surface area (Å²) in [4.78, 5) is 0. The van der Waals surface area contributed by atoms with Crippen molar-refractivity contribution in [2.75, 3.05) is 7.11 Å². The number of hydrogen-bond donors (Lipinski definition) is 2. The maximum atomic E-state index is 13.2. The van der Waals surface area contributed by atoms with Gasteiger partial charge in [-0.1, -0.05) is 19.9 Å². The maximum absolute atomic E-state index is 13.2. The van der Waals surface area contributed by atoms with Crippen LogP contribution in [-0.2, 0) is 4.74 Å². The summed E-state index contributed by atoms with van der Waals surface area (Å²) in [5.41, 5.74) is 4.30. The number of ether oxygens (including phenoxy) is 1. The van der Waals surface area contributed by atoms with Crippen LogP contribution in [0, 0.1) is 12.7 Å². The monoisotopic (exact) mass is 254 g/mol. The van der Waals surface area contributed by atoms with Crippen LogP contribution in [0.15, 0.2) is 18.2 Å². The summed E-state index contributed by atoms with van der Waals surface area (Å²) in [5.74, 6) is 5.47. The average Bonchev–Trinajstić information content (AvgIpc) is 2.38. The van der Waals surface area contributed by atoms with Gasteiger partial charge in [-0.3, -0.25) is 11.3 Å². The number of aryl methyl sites for hydroxylation is 1. The number of halogens is 1. The third-order valence-electron chi connectivity index (χ3n) is 3.84. The van der Waals surface area contributed by atoms with E-state index in [-0.39, 0.29) is 17.5 Å². The van der Waals surface area contributed by atoms with E-state index >= 15 is 0 Å². The predicted octanol–water partition coefficient (Wildman–Crippen LogP) is 2.84. The molecule has 1 aromatic carbocycles. The second-order valence-electron chi connectivity index (χ2n) is 4.58. The van der Waals surface area contributed by atoms with Crippen molar-refractivity contribution >= 4 is 0 Å². The van der Waals surface area contributed by atoms with E-state index in [2.05, 4.69) is 19.3 Å². The van der Waals surface area contributed by atoms with Gasteiger partial charge in [0, 0.05) is 7.11 Å². The van der Waals surface area contributed by atoms with Crippen LogP contribution in [0.1, 0.15) is 43.9 Å². The number of nitrogens with one attached hydrogen (secondary N) is 1. The first kappa shape index (κ1) is 15.1. The molecule has 0 radical (unpaired) electrons. The molecule has 1 unspecified atom stereocenters. The number of hydrazine groups is 1. The summed E-state index contributed by atoms with van der Waals surface area (Å²) >= 11 is 0. The minimum Gasteiger partial charge on any atom is -0.376 e. The zero-order valence-corrected chi connectivity index (χ0v) is 11.6. The summed E-state index contributed by atoms with van der Waals surface area (Å²) in [6.07, 6.45) is 1.65. The molecule has 0 spiro atoms. The van der Waals surface area contributed by atoms with Crippen molar-refractivity contribution in [1.29, 1.82) is 0 Å². The number of rotatable bonds is 6. The average molecular weight is 254 g/mol. The molecule has 3 nitrogen and oxygen atoms in total. The lowest BCUT2D eigenvalue weighted by Crippen LogP contribution is -2.47. The van der Waals surface area contributed by atoms with Crippen LogP contribution in [0.4, 0.5) is 4.39 Å². The molecule has 1 atom stereocenters. The first-order valence-electron chi connectivity index (χ1n) is 6.32. The molecule has 0 aliphatic carbocycles. The summed E-state index contributed by atoms with van der Waals surface area (Å²) < 4.78 is 18.9. The van der Waals surface area contributed by atoms with Gasteiger partial charge in [-0.05, 0) is 43.0 Å². The van der Waals surface area contributed by atoms with Gasteiger partial charge >= 0.3 is 0 Å². The molecule has 0 aromatic heterocycles. The van der Waals surface area contributed by atoms with Crippen LogP contribution >= 0.6 is 0 Å². The highest BCUT2D eigenvalue weighted by atomic mass is 19.1. The molecule has 0 amide bonds. The molecule has 0 heterocycles. The quantitative estimate of drug-likeness (QED) is 0.606. The Morgan fingerprint density at radius 3 is 2.39 bits per heavy atom. The third kappa shape index (κ3) is 2.71. The van der Waals surface area contributed by atoms with E-state index in [1.807, 2.05) is 6.92 Å². The lowest BCUT2D eigenvalue weighted by atomic mass is 9.82. The van der Waals surface area contributed by atoms with E-state index in [9.17, 15) is 4.39 Å². The first-order valence-corrected chi connectivity index (χ1v) is 6.32. The Balaban J connectivity index is 3.23. The number of nitrogens with two attached hydrogens (primary N) is 1. The SMILES string of the molecule is CCC(CC)(OC)C(NN)c1ccc(F)cc1C. The van der Waals surface area contributed by atoms with Gasteiger partial charge in [0.25, 0.3) is 0 Å². The van der Waals surface area contributed by atoms with Gasteiger partial charge in [0.2, 0.25) is 0 Å². The maximum Gasteiger partial charge on any atom is 0.123 e. The summed E-state index contributed by atoms with van der Waals surface area (Å²) in [7, 11) is 1.69. The standard InChI is InChI=1S/C14H23FN2O/c1-5-14(6-2,18-4)13(17-16)12-8-7-11(15)9-10(12)3/h7-9,13,17H,5-6,16H2,1-4H3. The molecule has 0 saturated carbocycles. The van der Waals surface area contributed by atoms with E-state index in [0.717, 1.165) is 24.0 Å². The van der Waals surface area contributed by atoms with Crippen molar-refractivity contribution in [2.24, 2.45) is 5.84 Å². The molecule has 0 saturated heterocycles. The van der Waals surface area contributed by atoms with Crippen LogP contribution in [0.2, 0.25) is 0 Å². The van der Waals surface area contributed by atoms with Crippen molar-refractivity contribution in [1.82, 2.24) is 5.43 Å². The van der Waals surface area contributed by atoms with Crippen molar-refractivity contribution < 1.29 is 9.13 Å². The molecule has 0 aliphatic heterocycles. The Kier molecular flexibility index (Phi) is 5.26. The molecule has 18 heavy (non-hydrogen) atoms. The van der Waals surface area contributed by atoms with Gasteiger partial charge in [-0.25, -0.2) is 4.39 Å². The van der Waals surface area contributed by atoms with Gasteiger partial charge in [0.15, 0.2) is 0 Å². The van der Waals surface area contributed by atoms with Gasteiger partial charge in [-0.15, -0.1) is 0 Å². The molecule has 1 rings (SSSR count). The van der Waals surface area contributed by atoms with Gasteiger partial charge < -0.3 is 4.74 Å². The summed E-state index contributed by atoms with van der Waals surface area (Å²) in [6, 6.07) is 4.59. The smallest absolute Gasteiger partial charge is 0.123 e. The molecule has 1 aromatic rings. The van der Waals surface area contributed by atoms with Crippen molar-refractivity contribution in [3.63, 3.8) is 0 Å². The molecule has 0 fully saturated rings. The predicted molar refractivity (Wildman–Crippen MR) is 71.5 cm³/mol. The Morgan fingerprint density at radius 1 is 1.39 bits per heavy atom. The second-order valence-corrected chi connectivity index (χ2v) is 4.58. The van der Waals surface area contributed by atoms with Crippen LogP contribution in [-0.4, -0.2) is 12.7 Å². The Bertz CT molecular complexity index is 383. The number of benzene rings is 1. The fraction of sp³-hybridized carbons (Fsp3) is 0.571. The highest BCUT2D eigenvalue weighted by Crippen LogP contribution is 2.35. The largest absolute Gasteiger partial charge is 0.376 e. The molecule has 4 heteroatoms. The molecular weight excluding hydrogens is 231 g/mol. The van der Waals surface area contributed by atoms with E-state index in [1.54, 1.807) is 13.2 Å². The molecule has 102 valence electrons. The third-order valence-corrected chi connectivity index (χ3v) is 3.84. The molecule has 0 aliphatic rings. The lowest BCUT2D eigenvalue weighted by molar-refractivity contribution is -0.0488. The minimum absolute atomic E-state index is 0.155.